The third-order valence-electron chi connectivity index (χ3n) is 2.04. The van der Waals surface area contributed by atoms with E-state index in [0.29, 0.717) is 22.7 Å². The Labute approximate surface area is 83.3 Å². The van der Waals surface area contributed by atoms with Gasteiger partial charge in [-0.25, -0.2) is 0 Å². The van der Waals surface area contributed by atoms with Crippen molar-refractivity contribution in [3.63, 3.8) is 0 Å². The van der Waals surface area contributed by atoms with E-state index >= 15 is 0 Å². The number of hydrogen-bond donors (Lipinski definition) is 2. The van der Waals surface area contributed by atoms with Gasteiger partial charge in [0.2, 0.25) is 0 Å². The van der Waals surface area contributed by atoms with Crippen molar-refractivity contribution in [3.8, 4) is 11.5 Å². The summed E-state index contributed by atoms with van der Waals surface area (Å²) >= 11 is 0. The van der Waals surface area contributed by atoms with Gasteiger partial charge in [-0.2, -0.15) is 0 Å². The minimum Gasteiger partial charge on any atom is -0.493 e. The molecule has 0 amide bonds. The van der Waals surface area contributed by atoms with Crippen molar-refractivity contribution in [2.75, 3.05) is 20.0 Å². The van der Waals surface area contributed by atoms with Crippen molar-refractivity contribution in [1.29, 1.82) is 0 Å². The Hall–Kier alpha value is -1.42. The lowest BCUT2D eigenvalue weighted by molar-refractivity contribution is 0.199. The third kappa shape index (κ3) is 1.90. The van der Waals surface area contributed by atoms with Crippen molar-refractivity contribution in [3.05, 3.63) is 17.7 Å². The minimum atomic E-state index is -0.616. The van der Waals surface area contributed by atoms with E-state index in [4.69, 9.17) is 15.2 Å². The van der Waals surface area contributed by atoms with Gasteiger partial charge in [0.05, 0.1) is 20.3 Å². The molecule has 0 bridgehead atoms. The van der Waals surface area contributed by atoms with E-state index in [2.05, 4.69) is 0 Å². The molecule has 0 unspecified atom stereocenters. The zero-order chi connectivity index (χ0) is 10.7. The Balaban J connectivity index is 3.23. The monoisotopic (exact) mass is 197 g/mol. The van der Waals surface area contributed by atoms with Gasteiger partial charge in [-0.1, -0.05) is 0 Å². The molecule has 0 fully saturated rings. The first-order chi connectivity index (χ1) is 6.60. The van der Waals surface area contributed by atoms with Crippen LogP contribution < -0.4 is 15.2 Å². The van der Waals surface area contributed by atoms with E-state index in [1.165, 1.54) is 0 Å². The number of benzene rings is 1. The lowest BCUT2D eigenvalue weighted by atomic mass is 10.1. The number of hydrogen-bond acceptors (Lipinski definition) is 4. The second kappa shape index (κ2) is 4.19. The molecule has 3 N–H and O–H groups in total. The Morgan fingerprint density at radius 3 is 2.14 bits per heavy atom. The number of nitrogens with two attached hydrogens (primary N) is 1. The van der Waals surface area contributed by atoms with Gasteiger partial charge in [0.1, 0.15) is 0 Å². The van der Waals surface area contributed by atoms with Crippen LogP contribution in [0.3, 0.4) is 0 Å². The van der Waals surface area contributed by atoms with Gasteiger partial charge in [-0.05, 0) is 13.0 Å². The van der Waals surface area contributed by atoms with Crippen molar-refractivity contribution in [2.24, 2.45) is 0 Å². The molecule has 0 saturated carbocycles. The molecule has 14 heavy (non-hydrogen) atoms. The number of aliphatic hydroxyl groups excluding tert-OH is 1. The fraction of sp³-hybridized carbons (Fsp3) is 0.400. The largest absolute Gasteiger partial charge is 0.493 e. The van der Waals surface area contributed by atoms with Gasteiger partial charge in [-0.3, -0.25) is 0 Å². The van der Waals surface area contributed by atoms with Crippen LogP contribution in [0.15, 0.2) is 12.1 Å². The molecule has 0 spiro atoms. The average Bonchev–Trinajstić information content (AvgIpc) is 2.16. The van der Waals surface area contributed by atoms with Crippen molar-refractivity contribution < 1.29 is 14.6 Å². The van der Waals surface area contributed by atoms with Crippen LogP contribution in [0.2, 0.25) is 0 Å². The van der Waals surface area contributed by atoms with E-state index in [1.54, 1.807) is 33.3 Å². The summed E-state index contributed by atoms with van der Waals surface area (Å²) in [6.45, 7) is 1.65. The van der Waals surface area contributed by atoms with E-state index in [1.807, 2.05) is 0 Å². The molecule has 4 heteroatoms. The maximum absolute atomic E-state index is 9.41. The molecule has 0 aliphatic heterocycles. The minimum absolute atomic E-state index is 0.498. The standard InChI is InChI=1S/C10H15NO3/c1-6(12)7-4-9(13-2)10(14-3)5-8(7)11/h4-6,12H,11H2,1-3H3/t6-/m1/s1. The molecule has 0 aromatic heterocycles. The van der Waals surface area contributed by atoms with E-state index in [9.17, 15) is 5.11 Å². The van der Waals surface area contributed by atoms with Crippen LogP contribution in [0.25, 0.3) is 0 Å². The number of methoxy groups -OCH3 is 2. The molecule has 0 aliphatic rings. The van der Waals surface area contributed by atoms with E-state index in [-0.39, 0.29) is 0 Å². The van der Waals surface area contributed by atoms with Gasteiger partial charge in [0, 0.05) is 17.3 Å². The second-order valence-electron chi connectivity index (χ2n) is 3.01. The van der Waals surface area contributed by atoms with Gasteiger partial charge in [-0.15, -0.1) is 0 Å². The van der Waals surface area contributed by atoms with Gasteiger partial charge >= 0.3 is 0 Å². The SMILES string of the molecule is COc1cc(N)c([C@@H](C)O)cc1OC. The van der Waals surface area contributed by atoms with E-state index in [0.717, 1.165) is 0 Å². The molecule has 1 aromatic carbocycles. The van der Waals surface area contributed by atoms with Crippen LogP contribution in [-0.2, 0) is 0 Å². The predicted octanol–water partition coefficient (Wildman–Crippen LogP) is 1.34. The lowest BCUT2D eigenvalue weighted by Crippen LogP contribution is -2.01. The molecule has 4 nitrogen and oxygen atoms in total. The summed E-state index contributed by atoms with van der Waals surface area (Å²) in [5.74, 6) is 1.13. The van der Waals surface area contributed by atoms with Gasteiger partial charge in [0.25, 0.3) is 0 Å². The van der Waals surface area contributed by atoms with Crippen LogP contribution in [0.1, 0.15) is 18.6 Å². The molecule has 78 valence electrons. The summed E-state index contributed by atoms with van der Waals surface area (Å²) in [5, 5.41) is 9.41. The van der Waals surface area contributed by atoms with Crippen LogP contribution in [0.4, 0.5) is 5.69 Å². The first-order valence-electron chi connectivity index (χ1n) is 4.29. The number of aliphatic hydroxyl groups is 1. The molecule has 1 rings (SSSR count). The highest BCUT2D eigenvalue weighted by atomic mass is 16.5. The summed E-state index contributed by atoms with van der Waals surface area (Å²) in [6, 6.07) is 3.32. The molecular formula is C10H15NO3. The Morgan fingerprint density at radius 1 is 1.21 bits per heavy atom. The first kappa shape index (κ1) is 10.7. The van der Waals surface area contributed by atoms with Crippen molar-refractivity contribution in [2.45, 2.75) is 13.0 Å². The zero-order valence-corrected chi connectivity index (χ0v) is 8.57. The third-order valence-corrected chi connectivity index (χ3v) is 2.04. The molecule has 0 saturated heterocycles. The first-order valence-corrected chi connectivity index (χ1v) is 4.29. The molecule has 0 heterocycles. The highest BCUT2D eigenvalue weighted by Gasteiger charge is 2.12. The Bertz CT molecular complexity index is 323. The fourth-order valence-electron chi connectivity index (χ4n) is 1.27. The molecule has 1 aromatic rings. The van der Waals surface area contributed by atoms with Crippen LogP contribution in [-0.4, -0.2) is 19.3 Å². The zero-order valence-electron chi connectivity index (χ0n) is 8.57. The number of rotatable bonds is 3. The predicted molar refractivity (Wildman–Crippen MR) is 54.6 cm³/mol. The highest BCUT2D eigenvalue weighted by Crippen LogP contribution is 2.34. The molecule has 1 atom stereocenters. The van der Waals surface area contributed by atoms with Crippen molar-refractivity contribution >= 4 is 5.69 Å². The number of nitrogen functional groups attached to an aromatic ring is 1. The highest BCUT2D eigenvalue weighted by molar-refractivity contribution is 5.58. The topological polar surface area (TPSA) is 64.7 Å². The van der Waals surface area contributed by atoms with Gasteiger partial charge < -0.3 is 20.3 Å². The summed E-state index contributed by atoms with van der Waals surface area (Å²) in [5.41, 5.74) is 6.87. The van der Waals surface area contributed by atoms with E-state index < -0.39 is 6.10 Å². The summed E-state index contributed by atoms with van der Waals surface area (Å²) in [6.07, 6.45) is -0.616. The molecule has 0 aliphatic carbocycles. The maximum Gasteiger partial charge on any atom is 0.162 e. The normalized spacial score (nSPS) is 12.3. The van der Waals surface area contributed by atoms with Gasteiger partial charge in [0.15, 0.2) is 11.5 Å². The maximum atomic E-state index is 9.41. The van der Waals surface area contributed by atoms with Crippen LogP contribution in [0, 0.1) is 0 Å². The number of ether oxygens (including phenoxy) is 2. The number of anilines is 1. The second-order valence-corrected chi connectivity index (χ2v) is 3.01. The molecular weight excluding hydrogens is 182 g/mol. The molecule has 0 radical (unpaired) electrons. The fourth-order valence-corrected chi connectivity index (χ4v) is 1.27. The average molecular weight is 197 g/mol. The quantitative estimate of drug-likeness (QED) is 0.718. The lowest BCUT2D eigenvalue weighted by Gasteiger charge is -2.13. The Kier molecular flexibility index (Phi) is 3.19. The Morgan fingerprint density at radius 2 is 1.71 bits per heavy atom. The van der Waals surface area contributed by atoms with Crippen molar-refractivity contribution in [1.82, 2.24) is 0 Å². The summed E-state index contributed by atoms with van der Waals surface area (Å²) in [4.78, 5) is 0. The summed E-state index contributed by atoms with van der Waals surface area (Å²) < 4.78 is 10.2. The summed E-state index contributed by atoms with van der Waals surface area (Å²) in [7, 11) is 3.08. The smallest absolute Gasteiger partial charge is 0.162 e. The van der Waals surface area contributed by atoms with Crippen LogP contribution >= 0.6 is 0 Å². The van der Waals surface area contributed by atoms with Crippen LogP contribution in [0.5, 0.6) is 11.5 Å².